The molecule has 2 aromatic rings. The molecule has 2 aromatic carbocycles. The zero-order valence-corrected chi connectivity index (χ0v) is 11.1. The van der Waals surface area contributed by atoms with E-state index in [0.717, 1.165) is 36.0 Å². The highest BCUT2D eigenvalue weighted by molar-refractivity contribution is 5.26. The number of benzene rings is 2. The average molecular weight is 258 g/mol. The van der Waals surface area contributed by atoms with Gasteiger partial charge in [0.15, 0.2) is 0 Å². The largest absolute Gasteiger partial charge is 0.388 e. The van der Waals surface area contributed by atoms with Crippen LogP contribution in [0.25, 0.3) is 0 Å². The van der Waals surface area contributed by atoms with Gasteiger partial charge in [0, 0.05) is 0 Å². The molecule has 1 unspecified atom stereocenters. The van der Waals surface area contributed by atoms with Gasteiger partial charge < -0.3 is 5.11 Å². The summed E-state index contributed by atoms with van der Waals surface area (Å²) in [6, 6.07) is 14.6. The van der Waals surface area contributed by atoms with Crippen LogP contribution in [-0.2, 0) is 6.42 Å². The Hall–Kier alpha value is -1.67. The molecule has 0 fully saturated rings. The molecule has 0 aromatic heterocycles. The quantitative estimate of drug-likeness (QED) is 0.852. The van der Waals surface area contributed by atoms with Crippen molar-refractivity contribution in [2.24, 2.45) is 0 Å². The second kappa shape index (κ2) is 6.48. The molecule has 0 aliphatic rings. The molecule has 0 bridgehead atoms. The SMILES string of the molecule is Cc1cc(F)ccc1CCCC(O)c1ccccc1. The first-order valence-electron chi connectivity index (χ1n) is 6.65. The summed E-state index contributed by atoms with van der Waals surface area (Å²) in [6.07, 6.45) is 2.07. The van der Waals surface area contributed by atoms with Gasteiger partial charge in [-0.25, -0.2) is 4.39 Å². The number of hydrogen-bond donors (Lipinski definition) is 1. The summed E-state index contributed by atoms with van der Waals surface area (Å²) in [5, 5.41) is 10.1. The van der Waals surface area contributed by atoms with Crippen LogP contribution in [0.2, 0.25) is 0 Å². The van der Waals surface area contributed by atoms with Gasteiger partial charge in [-0.15, -0.1) is 0 Å². The molecule has 1 nitrogen and oxygen atoms in total. The predicted octanol–water partition coefficient (Wildman–Crippen LogP) is 4.19. The first-order valence-corrected chi connectivity index (χ1v) is 6.65. The molecule has 2 heteroatoms. The fourth-order valence-corrected chi connectivity index (χ4v) is 2.27. The lowest BCUT2D eigenvalue weighted by Gasteiger charge is -2.11. The Morgan fingerprint density at radius 3 is 2.53 bits per heavy atom. The van der Waals surface area contributed by atoms with Crippen LogP contribution >= 0.6 is 0 Å². The summed E-state index contributed by atoms with van der Waals surface area (Å²) in [6.45, 7) is 1.92. The monoisotopic (exact) mass is 258 g/mol. The fourth-order valence-electron chi connectivity index (χ4n) is 2.27. The number of aryl methyl sites for hydroxylation is 2. The molecule has 19 heavy (non-hydrogen) atoms. The molecule has 1 N–H and O–H groups in total. The highest BCUT2D eigenvalue weighted by Crippen LogP contribution is 2.20. The van der Waals surface area contributed by atoms with Crippen molar-refractivity contribution in [2.75, 3.05) is 0 Å². The van der Waals surface area contributed by atoms with Gasteiger partial charge in [-0.05, 0) is 55.0 Å². The minimum Gasteiger partial charge on any atom is -0.388 e. The van der Waals surface area contributed by atoms with Crippen LogP contribution in [0, 0.1) is 12.7 Å². The molecular formula is C17H19FO. The summed E-state index contributed by atoms with van der Waals surface area (Å²) in [5.74, 6) is -0.189. The van der Waals surface area contributed by atoms with Crippen LogP contribution in [-0.4, -0.2) is 5.11 Å². The van der Waals surface area contributed by atoms with E-state index in [-0.39, 0.29) is 5.82 Å². The van der Waals surface area contributed by atoms with Gasteiger partial charge >= 0.3 is 0 Å². The van der Waals surface area contributed by atoms with Crippen molar-refractivity contribution in [1.29, 1.82) is 0 Å². The van der Waals surface area contributed by atoms with E-state index in [9.17, 15) is 9.50 Å². The minimum absolute atomic E-state index is 0.189. The average Bonchev–Trinajstić information content (AvgIpc) is 2.42. The number of halogens is 1. The molecule has 0 amide bonds. The van der Waals surface area contributed by atoms with Crippen LogP contribution in [0.15, 0.2) is 48.5 Å². The first kappa shape index (κ1) is 13.8. The molecular weight excluding hydrogens is 239 g/mol. The van der Waals surface area contributed by atoms with E-state index < -0.39 is 6.10 Å². The van der Waals surface area contributed by atoms with Gasteiger partial charge in [0.05, 0.1) is 6.10 Å². The van der Waals surface area contributed by atoms with E-state index >= 15 is 0 Å². The summed E-state index contributed by atoms with van der Waals surface area (Å²) < 4.78 is 13.0. The Labute approximate surface area is 113 Å². The topological polar surface area (TPSA) is 20.2 Å². The zero-order valence-electron chi connectivity index (χ0n) is 11.1. The first-order chi connectivity index (χ1) is 9.16. The molecule has 0 aliphatic heterocycles. The lowest BCUT2D eigenvalue weighted by atomic mass is 9.99. The third kappa shape index (κ3) is 3.90. The van der Waals surface area contributed by atoms with Gasteiger partial charge in [-0.1, -0.05) is 36.4 Å². The van der Waals surface area contributed by atoms with Crippen molar-refractivity contribution in [3.63, 3.8) is 0 Å². The maximum atomic E-state index is 13.0. The maximum absolute atomic E-state index is 13.0. The van der Waals surface area contributed by atoms with E-state index in [4.69, 9.17) is 0 Å². The van der Waals surface area contributed by atoms with Crippen molar-refractivity contribution < 1.29 is 9.50 Å². The number of hydrogen-bond acceptors (Lipinski definition) is 1. The van der Waals surface area contributed by atoms with Crippen LogP contribution in [0.5, 0.6) is 0 Å². The molecule has 0 radical (unpaired) electrons. The number of aliphatic hydroxyl groups is 1. The van der Waals surface area contributed by atoms with Crippen LogP contribution < -0.4 is 0 Å². The van der Waals surface area contributed by atoms with Crippen LogP contribution in [0.3, 0.4) is 0 Å². The predicted molar refractivity (Wildman–Crippen MR) is 75.5 cm³/mol. The van der Waals surface area contributed by atoms with E-state index in [2.05, 4.69) is 0 Å². The van der Waals surface area contributed by atoms with Crippen molar-refractivity contribution >= 4 is 0 Å². The minimum atomic E-state index is -0.415. The molecule has 1 atom stereocenters. The number of rotatable bonds is 5. The second-order valence-corrected chi connectivity index (χ2v) is 4.89. The standard InChI is InChI=1S/C17H19FO/c1-13-12-16(18)11-10-14(13)8-5-9-17(19)15-6-3-2-4-7-15/h2-4,6-7,10-12,17,19H,5,8-9H2,1H3. The summed E-state index contributed by atoms with van der Waals surface area (Å²) in [7, 11) is 0. The summed E-state index contributed by atoms with van der Waals surface area (Å²) in [5.41, 5.74) is 3.09. The van der Waals surface area contributed by atoms with Gasteiger partial charge in [0.25, 0.3) is 0 Å². The molecule has 0 saturated carbocycles. The Morgan fingerprint density at radius 2 is 1.84 bits per heavy atom. The maximum Gasteiger partial charge on any atom is 0.123 e. The molecule has 0 heterocycles. The van der Waals surface area contributed by atoms with Crippen molar-refractivity contribution in [3.8, 4) is 0 Å². The fraction of sp³-hybridized carbons (Fsp3) is 0.294. The smallest absolute Gasteiger partial charge is 0.123 e. The van der Waals surface area contributed by atoms with Gasteiger partial charge in [0.2, 0.25) is 0 Å². The zero-order chi connectivity index (χ0) is 13.7. The third-order valence-electron chi connectivity index (χ3n) is 3.41. The summed E-state index contributed by atoms with van der Waals surface area (Å²) in [4.78, 5) is 0. The van der Waals surface area contributed by atoms with Gasteiger partial charge in [0.1, 0.15) is 5.82 Å². The van der Waals surface area contributed by atoms with Crippen molar-refractivity contribution in [2.45, 2.75) is 32.3 Å². The van der Waals surface area contributed by atoms with E-state index in [1.807, 2.05) is 43.3 Å². The van der Waals surface area contributed by atoms with E-state index in [1.54, 1.807) is 6.07 Å². The molecule has 0 saturated heterocycles. The Kier molecular flexibility index (Phi) is 4.69. The summed E-state index contributed by atoms with van der Waals surface area (Å²) >= 11 is 0. The Bertz CT molecular complexity index is 522. The molecule has 0 aliphatic carbocycles. The van der Waals surface area contributed by atoms with Gasteiger partial charge in [-0.2, -0.15) is 0 Å². The van der Waals surface area contributed by atoms with Crippen molar-refractivity contribution in [1.82, 2.24) is 0 Å². The third-order valence-corrected chi connectivity index (χ3v) is 3.41. The normalized spacial score (nSPS) is 12.4. The lowest BCUT2D eigenvalue weighted by molar-refractivity contribution is 0.164. The van der Waals surface area contributed by atoms with E-state index in [1.165, 1.54) is 6.07 Å². The second-order valence-electron chi connectivity index (χ2n) is 4.89. The highest BCUT2D eigenvalue weighted by Gasteiger charge is 2.07. The Balaban J connectivity index is 1.86. The lowest BCUT2D eigenvalue weighted by Crippen LogP contribution is -1.99. The van der Waals surface area contributed by atoms with Gasteiger partial charge in [-0.3, -0.25) is 0 Å². The highest BCUT2D eigenvalue weighted by atomic mass is 19.1. The molecule has 100 valence electrons. The van der Waals surface area contributed by atoms with E-state index in [0.29, 0.717) is 0 Å². The number of aliphatic hydroxyl groups excluding tert-OH is 1. The Morgan fingerprint density at radius 1 is 1.11 bits per heavy atom. The van der Waals surface area contributed by atoms with Crippen LogP contribution in [0.4, 0.5) is 4.39 Å². The van der Waals surface area contributed by atoms with Crippen LogP contribution in [0.1, 0.15) is 35.6 Å². The van der Waals surface area contributed by atoms with Crippen molar-refractivity contribution in [3.05, 3.63) is 71.0 Å². The molecule has 0 spiro atoms. The molecule has 2 rings (SSSR count).